The van der Waals surface area contributed by atoms with Crippen molar-refractivity contribution < 1.29 is 22.7 Å². The summed E-state index contributed by atoms with van der Waals surface area (Å²) in [4.78, 5) is 24.9. The first kappa shape index (κ1) is 28.2. The molecule has 0 radical (unpaired) electrons. The van der Waals surface area contributed by atoms with Crippen LogP contribution in [0.4, 0.5) is 11.4 Å². The van der Waals surface area contributed by atoms with Crippen molar-refractivity contribution in [2.45, 2.75) is 59.8 Å². The first-order valence-corrected chi connectivity index (χ1v) is 13.2. The number of amides is 2. The molecule has 9 heteroatoms. The molecule has 0 fully saturated rings. The van der Waals surface area contributed by atoms with Crippen molar-refractivity contribution in [1.82, 2.24) is 0 Å². The summed E-state index contributed by atoms with van der Waals surface area (Å²) in [6, 6.07) is 8.30. The Bertz CT molecular complexity index is 1180. The summed E-state index contributed by atoms with van der Waals surface area (Å²) in [6.07, 6.45) is 1.18. The third kappa shape index (κ3) is 6.97. The van der Waals surface area contributed by atoms with Gasteiger partial charge in [0.25, 0.3) is 0 Å². The van der Waals surface area contributed by atoms with Gasteiger partial charge in [-0.25, -0.2) is 8.42 Å². The van der Waals surface area contributed by atoms with Crippen LogP contribution >= 0.6 is 0 Å². The number of benzene rings is 2. The molecule has 0 saturated carbocycles. The number of unbranched alkanes of at least 4 members (excludes halogenated alkanes) is 1. The predicted molar refractivity (Wildman–Crippen MR) is 141 cm³/mol. The van der Waals surface area contributed by atoms with Gasteiger partial charge in [0.1, 0.15) is 12.3 Å². The maximum Gasteiger partial charge on any atom is 0.248 e. The molecule has 0 aromatic heterocycles. The Morgan fingerprint density at radius 3 is 2.17 bits per heavy atom. The van der Waals surface area contributed by atoms with Gasteiger partial charge < -0.3 is 15.8 Å². The SMILES string of the molecule is CCCCS(=O)(=O)N(CC(=O)Nc1cc(C(N)=O)ccc1C(C)(C)C)c1cc(C)c(OC)c(C)c1. The number of aryl methyl sites for hydroxylation is 2. The molecule has 0 spiro atoms. The number of rotatable bonds is 10. The molecule has 8 nitrogen and oxygen atoms in total. The monoisotopic (exact) mass is 503 g/mol. The molecule has 0 atom stereocenters. The van der Waals surface area contributed by atoms with Crippen LogP contribution in [0, 0.1) is 13.8 Å². The summed E-state index contributed by atoms with van der Waals surface area (Å²) in [5.74, 6) is -0.551. The second-order valence-electron chi connectivity index (χ2n) is 9.71. The first-order valence-electron chi connectivity index (χ1n) is 11.6. The summed E-state index contributed by atoms with van der Waals surface area (Å²) in [6.45, 7) is 11.1. The normalized spacial score (nSPS) is 11.7. The topological polar surface area (TPSA) is 119 Å². The summed E-state index contributed by atoms with van der Waals surface area (Å²) >= 11 is 0. The standard InChI is InChI=1S/C26H37N3O5S/c1-8-9-12-35(32,33)29(20-13-17(2)24(34-7)18(3)14-20)16-23(30)28-22-15-19(25(27)31)10-11-21(22)26(4,5)6/h10-11,13-15H,8-9,12,16H2,1-7H3,(H2,27,31)(H,28,30). The highest BCUT2D eigenvalue weighted by atomic mass is 32.2. The van der Waals surface area contributed by atoms with Crippen molar-refractivity contribution >= 4 is 33.2 Å². The maximum atomic E-state index is 13.3. The quantitative estimate of drug-likeness (QED) is 0.501. The van der Waals surface area contributed by atoms with E-state index in [2.05, 4.69) is 5.32 Å². The van der Waals surface area contributed by atoms with Gasteiger partial charge in [0.2, 0.25) is 21.8 Å². The van der Waals surface area contributed by atoms with Crippen molar-refractivity contribution in [2.75, 3.05) is 29.0 Å². The predicted octanol–water partition coefficient (Wildman–Crippen LogP) is 4.28. The van der Waals surface area contributed by atoms with Gasteiger partial charge >= 0.3 is 0 Å². The van der Waals surface area contributed by atoms with Gasteiger partial charge in [0.15, 0.2) is 0 Å². The molecule has 2 aromatic carbocycles. The van der Waals surface area contributed by atoms with Crippen LogP contribution in [0.2, 0.25) is 0 Å². The van der Waals surface area contributed by atoms with E-state index in [0.717, 1.165) is 21.0 Å². The van der Waals surface area contributed by atoms with Crippen LogP contribution in [0.25, 0.3) is 0 Å². The number of anilines is 2. The molecule has 0 unspecified atom stereocenters. The zero-order valence-electron chi connectivity index (χ0n) is 21.7. The van der Waals surface area contributed by atoms with Crippen molar-refractivity contribution in [3.05, 3.63) is 52.6 Å². The Morgan fingerprint density at radius 2 is 1.69 bits per heavy atom. The highest BCUT2D eigenvalue weighted by Gasteiger charge is 2.27. The van der Waals surface area contributed by atoms with E-state index < -0.39 is 28.4 Å². The Labute approximate surface area is 208 Å². The van der Waals surface area contributed by atoms with E-state index in [0.29, 0.717) is 30.0 Å². The minimum absolute atomic E-state index is 0.0781. The summed E-state index contributed by atoms with van der Waals surface area (Å²) in [5.41, 5.74) is 8.50. The van der Waals surface area contributed by atoms with Crippen LogP contribution in [-0.4, -0.2) is 39.6 Å². The van der Waals surface area contributed by atoms with Crippen LogP contribution < -0.4 is 20.1 Å². The van der Waals surface area contributed by atoms with Crippen LogP contribution in [0.3, 0.4) is 0 Å². The number of ether oxygens (including phenoxy) is 1. The van der Waals surface area contributed by atoms with Crippen LogP contribution in [-0.2, 0) is 20.2 Å². The Kier molecular flexibility index (Phi) is 8.94. The number of hydrogen-bond donors (Lipinski definition) is 2. The number of hydrogen-bond acceptors (Lipinski definition) is 5. The fraction of sp³-hybridized carbons (Fsp3) is 0.462. The molecule has 192 valence electrons. The Balaban J connectivity index is 2.49. The fourth-order valence-corrected chi connectivity index (χ4v) is 5.57. The third-order valence-electron chi connectivity index (χ3n) is 5.70. The van der Waals surface area contributed by atoms with Gasteiger partial charge in [-0.05, 0) is 66.6 Å². The van der Waals surface area contributed by atoms with E-state index in [1.165, 1.54) is 6.07 Å². The van der Waals surface area contributed by atoms with E-state index in [-0.39, 0.29) is 16.7 Å². The molecule has 0 aliphatic heterocycles. The molecular weight excluding hydrogens is 466 g/mol. The van der Waals surface area contributed by atoms with Gasteiger partial charge in [0, 0.05) is 11.3 Å². The number of carbonyl (C=O) groups excluding carboxylic acids is 2. The number of methoxy groups -OCH3 is 1. The zero-order valence-corrected chi connectivity index (χ0v) is 22.5. The van der Waals surface area contributed by atoms with Gasteiger partial charge in [0.05, 0.1) is 18.6 Å². The van der Waals surface area contributed by atoms with Crippen molar-refractivity contribution in [1.29, 1.82) is 0 Å². The number of nitrogens with one attached hydrogen (secondary N) is 1. The van der Waals surface area contributed by atoms with E-state index >= 15 is 0 Å². The lowest BCUT2D eigenvalue weighted by atomic mass is 9.85. The average Bonchev–Trinajstić information content (AvgIpc) is 2.74. The molecule has 0 aliphatic rings. The van der Waals surface area contributed by atoms with Crippen LogP contribution in [0.5, 0.6) is 5.75 Å². The van der Waals surface area contributed by atoms with E-state index in [9.17, 15) is 18.0 Å². The molecule has 0 heterocycles. The lowest BCUT2D eigenvalue weighted by Gasteiger charge is -2.27. The van der Waals surface area contributed by atoms with Crippen molar-refractivity contribution in [3.63, 3.8) is 0 Å². The van der Waals surface area contributed by atoms with E-state index in [1.807, 2.05) is 41.5 Å². The Morgan fingerprint density at radius 1 is 1.09 bits per heavy atom. The van der Waals surface area contributed by atoms with Gasteiger partial charge in [-0.2, -0.15) is 0 Å². The fourth-order valence-electron chi connectivity index (χ4n) is 3.96. The highest BCUT2D eigenvalue weighted by molar-refractivity contribution is 7.92. The average molecular weight is 504 g/mol. The first-order chi connectivity index (χ1) is 16.2. The molecule has 2 amide bonds. The number of nitrogens with two attached hydrogens (primary N) is 1. The Hall–Kier alpha value is -3.07. The molecule has 35 heavy (non-hydrogen) atoms. The second kappa shape index (κ2) is 11.1. The van der Waals surface area contributed by atoms with E-state index in [1.54, 1.807) is 31.4 Å². The summed E-state index contributed by atoms with van der Waals surface area (Å²) < 4.78 is 33.1. The minimum atomic E-state index is -3.78. The highest BCUT2D eigenvalue weighted by Crippen LogP contribution is 2.32. The maximum absolute atomic E-state index is 13.3. The van der Waals surface area contributed by atoms with Crippen LogP contribution in [0.15, 0.2) is 30.3 Å². The lowest BCUT2D eigenvalue weighted by molar-refractivity contribution is -0.114. The lowest BCUT2D eigenvalue weighted by Crippen LogP contribution is -2.39. The van der Waals surface area contributed by atoms with Gasteiger partial charge in [-0.1, -0.05) is 40.2 Å². The van der Waals surface area contributed by atoms with E-state index in [4.69, 9.17) is 10.5 Å². The number of primary amides is 1. The van der Waals surface area contributed by atoms with Crippen LogP contribution in [0.1, 0.15) is 67.6 Å². The number of carbonyl (C=O) groups is 2. The molecule has 0 saturated heterocycles. The number of sulfonamides is 1. The summed E-state index contributed by atoms with van der Waals surface area (Å²) in [5, 5.41) is 2.82. The summed E-state index contributed by atoms with van der Waals surface area (Å²) in [7, 11) is -2.22. The third-order valence-corrected chi connectivity index (χ3v) is 7.52. The second-order valence-corrected chi connectivity index (χ2v) is 11.7. The molecule has 0 bridgehead atoms. The van der Waals surface area contributed by atoms with Gasteiger partial charge in [-0.15, -0.1) is 0 Å². The molecule has 0 aliphatic carbocycles. The molecule has 3 N–H and O–H groups in total. The number of nitrogens with zero attached hydrogens (tertiary/aromatic N) is 1. The van der Waals surface area contributed by atoms with Crippen molar-refractivity contribution in [3.8, 4) is 5.75 Å². The zero-order chi connectivity index (χ0) is 26.6. The van der Waals surface area contributed by atoms with Crippen molar-refractivity contribution in [2.24, 2.45) is 5.73 Å². The minimum Gasteiger partial charge on any atom is -0.496 e. The molecule has 2 aromatic rings. The molecular formula is C26H37N3O5S. The molecule has 2 rings (SSSR count). The smallest absolute Gasteiger partial charge is 0.248 e. The largest absolute Gasteiger partial charge is 0.496 e. The van der Waals surface area contributed by atoms with Gasteiger partial charge in [-0.3, -0.25) is 13.9 Å².